The van der Waals surface area contributed by atoms with E-state index in [9.17, 15) is 24.2 Å². The van der Waals surface area contributed by atoms with Gasteiger partial charge in [-0.15, -0.1) is 0 Å². The number of amides is 1. The fourth-order valence-electron chi connectivity index (χ4n) is 3.20. The van der Waals surface area contributed by atoms with Crippen LogP contribution in [0.3, 0.4) is 0 Å². The van der Waals surface area contributed by atoms with Crippen LogP contribution in [-0.4, -0.2) is 52.1 Å². The molecule has 0 unspecified atom stereocenters. The van der Waals surface area contributed by atoms with Crippen LogP contribution >= 0.6 is 11.6 Å². The average Bonchev–Trinajstić information content (AvgIpc) is 2.76. The zero-order valence-electron chi connectivity index (χ0n) is 15.3. The molecular weight excluding hydrogens is 387 g/mol. The molecule has 1 aliphatic rings. The van der Waals surface area contributed by atoms with Crippen molar-refractivity contribution in [1.82, 2.24) is 9.80 Å². The predicted octanol–water partition coefficient (Wildman–Crippen LogP) is 2.52. The molecule has 1 heterocycles. The molecule has 28 heavy (non-hydrogen) atoms. The molecule has 0 bridgehead atoms. The van der Waals surface area contributed by atoms with E-state index in [1.807, 2.05) is 4.90 Å². The van der Waals surface area contributed by atoms with E-state index >= 15 is 0 Å². The third-order valence-electron chi connectivity index (χ3n) is 4.86. The van der Waals surface area contributed by atoms with Gasteiger partial charge in [-0.05, 0) is 36.8 Å². The molecular formula is C20H20ClFN2O4. The van der Waals surface area contributed by atoms with Gasteiger partial charge >= 0.3 is 0 Å². The largest absolute Gasteiger partial charge is 0.504 e. The van der Waals surface area contributed by atoms with Crippen molar-refractivity contribution in [2.24, 2.45) is 0 Å². The summed E-state index contributed by atoms with van der Waals surface area (Å²) >= 11 is 6.08. The zero-order chi connectivity index (χ0) is 20.4. The number of hydrogen-bond acceptors (Lipinski definition) is 5. The molecule has 0 spiro atoms. The van der Waals surface area contributed by atoms with Crippen LogP contribution < -0.4 is 5.43 Å². The zero-order valence-corrected chi connectivity index (χ0v) is 16.0. The van der Waals surface area contributed by atoms with Crippen LogP contribution in [0.5, 0.6) is 11.5 Å². The van der Waals surface area contributed by atoms with Crippen molar-refractivity contribution in [2.75, 3.05) is 26.2 Å². The maximum atomic E-state index is 14.0. The van der Waals surface area contributed by atoms with Crippen molar-refractivity contribution in [3.8, 4) is 11.5 Å². The molecule has 0 radical (unpaired) electrons. The van der Waals surface area contributed by atoms with Gasteiger partial charge in [-0.25, -0.2) is 4.39 Å². The first-order valence-corrected chi connectivity index (χ1v) is 9.17. The molecule has 6 nitrogen and oxygen atoms in total. The minimum Gasteiger partial charge on any atom is -0.504 e. The van der Waals surface area contributed by atoms with Gasteiger partial charge in [0.15, 0.2) is 5.75 Å². The van der Waals surface area contributed by atoms with Crippen molar-refractivity contribution in [3.05, 3.63) is 68.1 Å². The Balaban J connectivity index is 1.72. The summed E-state index contributed by atoms with van der Waals surface area (Å²) in [5.41, 5.74) is 0.200. The summed E-state index contributed by atoms with van der Waals surface area (Å²) in [6.07, 6.45) is 0. The summed E-state index contributed by atoms with van der Waals surface area (Å²) in [6.45, 7) is 3.78. The second-order valence-corrected chi connectivity index (χ2v) is 7.16. The fraction of sp³-hybridized carbons (Fsp3) is 0.300. The fourth-order valence-corrected chi connectivity index (χ4v) is 3.43. The Hall–Kier alpha value is -2.64. The van der Waals surface area contributed by atoms with Gasteiger partial charge in [-0.2, -0.15) is 0 Å². The highest BCUT2D eigenvalue weighted by atomic mass is 35.5. The van der Waals surface area contributed by atoms with Gasteiger partial charge < -0.3 is 15.1 Å². The van der Waals surface area contributed by atoms with Crippen LogP contribution in [0, 0.1) is 12.7 Å². The quantitative estimate of drug-likeness (QED) is 0.818. The first-order valence-electron chi connectivity index (χ1n) is 8.79. The number of benzene rings is 1. The van der Waals surface area contributed by atoms with E-state index in [1.54, 1.807) is 24.0 Å². The van der Waals surface area contributed by atoms with E-state index < -0.39 is 16.9 Å². The minimum absolute atomic E-state index is 0.153. The van der Waals surface area contributed by atoms with Gasteiger partial charge in [0, 0.05) is 48.9 Å². The van der Waals surface area contributed by atoms with Crippen molar-refractivity contribution < 1.29 is 19.4 Å². The molecule has 1 amide bonds. The maximum Gasteiger partial charge on any atom is 0.254 e. The highest BCUT2D eigenvalue weighted by molar-refractivity contribution is 6.31. The summed E-state index contributed by atoms with van der Waals surface area (Å²) < 4.78 is 14.0. The van der Waals surface area contributed by atoms with E-state index in [0.717, 1.165) is 12.1 Å². The van der Waals surface area contributed by atoms with Crippen LogP contribution in [0.25, 0.3) is 0 Å². The molecule has 1 fully saturated rings. The first-order chi connectivity index (χ1) is 13.3. The van der Waals surface area contributed by atoms with Crippen molar-refractivity contribution in [2.45, 2.75) is 13.5 Å². The minimum atomic E-state index is -0.784. The second kappa shape index (κ2) is 8.16. The lowest BCUT2D eigenvalue weighted by Gasteiger charge is -2.35. The number of piperazine rings is 1. The molecule has 148 valence electrons. The monoisotopic (exact) mass is 406 g/mol. The molecule has 2 aromatic carbocycles. The molecule has 0 aromatic heterocycles. The lowest BCUT2D eigenvalue weighted by Crippen LogP contribution is -2.48. The van der Waals surface area contributed by atoms with Crippen LogP contribution in [0.15, 0.2) is 35.1 Å². The molecule has 0 saturated carbocycles. The maximum absolute atomic E-state index is 14.0. The van der Waals surface area contributed by atoms with Gasteiger partial charge in [0.05, 0.1) is 0 Å². The van der Waals surface area contributed by atoms with Gasteiger partial charge in [0.1, 0.15) is 5.82 Å². The van der Waals surface area contributed by atoms with Gasteiger partial charge in [0.25, 0.3) is 5.91 Å². The predicted molar refractivity (Wildman–Crippen MR) is 103 cm³/mol. The smallest absolute Gasteiger partial charge is 0.254 e. The molecule has 3 rings (SSSR count). The van der Waals surface area contributed by atoms with E-state index in [-0.39, 0.29) is 17.3 Å². The summed E-state index contributed by atoms with van der Waals surface area (Å²) in [5.74, 6) is -2.11. The van der Waals surface area contributed by atoms with Gasteiger partial charge in [-0.3, -0.25) is 14.5 Å². The molecule has 0 atom stereocenters. The average molecular weight is 407 g/mol. The van der Waals surface area contributed by atoms with Crippen LogP contribution in [0.1, 0.15) is 21.5 Å². The molecule has 1 aliphatic heterocycles. The SMILES string of the molecule is Cc1cc(=O)c(O)c(O)cc1C(=O)N1CCN(Cc2c(F)cccc2Cl)CC1. The summed E-state index contributed by atoms with van der Waals surface area (Å²) in [7, 11) is 0. The van der Waals surface area contributed by atoms with Gasteiger partial charge in [-0.1, -0.05) is 17.7 Å². The van der Waals surface area contributed by atoms with Crippen LogP contribution in [0.4, 0.5) is 4.39 Å². The van der Waals surface area contributed by atoms with Crippen LogP contribution in [0.2, 0.25) is 5.02 Å². The number of carbonyl (C=O) groups is 1. The highest BCUT2D eigenvalue weighted by Gasteiger charge is 2.25. The Morgan fingerprint density at radius 3 is 2.50 bits per heavy atom. The second-order valence-electron chi connectivity index (χ2n) is 6.75. The van der Waals surface area contributed by atoms with E-state index in [4.69, 9.17) is 11.6 Å². The molecule has 1 saturated heterocycles. The Morgan fingerprint density at radius 2 is 1.86 bits per heavy atom. The van der Waals surface area contributed by atoms with Crippen LogP contribution in [-0.2, 0) is 6.54 Å². The van der Waals surface area contributed by atoms with Gasteiger partial charge in [0.2, 0.25) is 11.2 Å². The molecule has 0 aliphatic carbocycles. The third kappa shape index (κ3) is 4.10. The number of rotatable bonds is 3. The summed E-state index contributed by atoms with van der Waals surface area (Å²) in [6, 6.07) is 6.80. The number of nitrogens with zero attached hydrogens (tertiary/aromatic N) is 2. The number of carbonyl (C=O) groups excluding carboxylic acids is 1. The Labute approximate surface area is 166 Å². The lowest BCUT2D eigenvalue weighted by atomic mass is 10.1. The Morgan fingerprint density at radius 1 is 1.18 bits per heavy atom. The Kier molecular flexibility index (Phi) is 5.86. The first kappa shape index (κ1) is 20.1. The molecule has 2 aromatic rings. The highest BCUT2D eigenvalue weighted by Crippen LogP contribution is 2.24. The molecule has 8 heteroatoms. The van der Waals surface area contributed by atoms with Crippen molar-refractivity contribution >= 4 is 17.5 Å². The lowest BCUT2D eigenvalue weighted by molar-refractivity contribution is 0.0626. The van der Waals surface area contributed by atoms with E-state index in [2.05, 4.69) is 0 Å². The standard InChI is InChI=1S/C20H20ClFN2O4/c1-12-9-17(25)19(27)18(26)10-13(12)20(28)24-7-5-23(6-8-24)11-14-15(21)3-2-4-16(14)22/h2-4,9-10H,5-8,11H2,1H3,(H2,25,26,27). The number of hydrogen-bond donors (Lipinski definition) is 2. The van der Waals surface area contributed by atoms with E-state index in [1.165, 1.54) is 6.07 Å². The third-order valence-corrected chi connectivity index (χ3v) is 5.22. The number of aryl methyl sites for hydroxylation is 1. The van der Waals surface area contributed by atoms with Crippen molar-refractivity contribution in [3.63, 3.8) is 0 Å². The topological polar surface area (TPSA) is 81.1 Å². The molecule has 2 N–H and O–H groups in total. The summed E-state index contributed by atoms with van der Waals surface area (Å²) in [5, 5.41) is 19.8. The van der Waals surface area contributed by atoms with Crippen molar-refractivity contribution in [1.29, 1.82) is 0 Å². The number of aromatic hydroxyl groups is 2. The summed E-state index contributed by atoms with van der Waals surface area (Å²) in [4.78, 5) is 28.1. The van der Waals surface area contributed by atoms with E-state index in [0.29, 0.717) is 48.9 Å². The normalized spacial score (nSPS) is 14.9. The Bertz CT molecular complexity index is 955. The number of halogens is 2.